The number of piperidine rings is 1. The summed E-state index contributed by atoms with van der Waals surface area (Å²) in [5, 5.41) is 0. The molecule has 1 unspecified atom stereocenters. The van der Waals surface area contributed by atoms with Crippen molar-refractivity contribution < 1.29 is 22.0 Å². The molecule has 1 aromatic carbocycles. The lowest BCUT2D eigenvalue weighted by Gasteiger charge is -2.28. The maximum Gasteiger partial charge on any atom is 0.257 e. The molecule has 2 aliphatic heterocycles. The SMILES string of the molecule is O=C(c1ccccc1F)N(Cc1ccc(N2CCCCC2)o1)C1CCS(=O)(=O)C1. The number of sulfone groups is 1. The van der Waals surface area contributed by atoms with Gasteiger partial charge in [-0.05, 0) is 43.9 Å². The Balaban J connectivity index is 1.58. The van der Waals surface area contributed by atoms with Crippen molar-refractivity contribution in [2.75, 3.05) is 29.5 Å². The number of carbonyl (C=O) groups excluding carboxylic acids is 1. The van der Waals surface area contributed by atoms with E-state index in [1.165, 1.54) is 29.5 Å². The molecule has 4 rings (SSSR count). The summed E-state index contributed by atoms with van der Waals surface area (Å²) in [6.07, 6.45) is 3.80. The summed E-state index contributed by atoms with van der Waals surface area (Å²) in [7, 11) is -3.20. The highest BCUT2D eigenvalue weighted by Gasteiger charge is 2.36. The van der Waals surface area contributed by atoms with Gasteiger partial charge in [0.15, 0.2) is 15.7 Å². The first-order chi connectivity index (χ1) is 13.9. The minimum atomic E-state index is -3.20. The number of carbonyl (C=O) groups is 1. The Hall–Kier alpha value is -2.35. The van der Waals surface area contributed by atoms with E-state index in [1.807, 2.05) is 12.1 Å². The van der Waals surface area contributed by atoms with Crippen molar-refractivity contribution >= 4 is 21.6 Å². The van der Waals surface area contributed by atoms with E-state index in [0.717, 1.165) is 31.8 Å². The second-order valence-electron chi connectivity index (χ2n) is 7.76. The van der Waals surface area contributed by atoms with Crippen molar-refractivity contribution in [2.45, 2.75) is 38.3 Å². The van der Waals surface area contributed by atoms with Crippen LogP contribution in [-0.4, -0.2) is 49.9 Å². The molecule has 0 aliphatic carbocycles. The first-order valence-electron chi connectivity index (χ1n) is 10.0. The van der Waals surface area contributed by atoms with Gasteiger partial charge in [0, 0.05) is 25.2 Å². The first-order valence-corrected chi connectivity index (χ1v) is 11.8. The molecule has 2 aliphatic rings. The van der Waals surface area contributed by atoms with Crippen LogP contribution < -0.4 is 4.90 Å². The second-order valence-corrected chi connectivity index (χ2v) is 9.99. The Bertz CT molecular complexity index is 982. The third-order valence-electron chi connectivity index (χ3n) is 5.66. The molecule has 1 amide bonds. The van der Waals surface area contributed by atoms with E-state index >= 15 is 0 Å². The molecule has 2 fully saturated rings. The van der Waals surface area contributed by atoms with Crippen molar-refractivity contribution in [2.24, 2.45) is 0 Å². The van der Waals surface area contributed by atoms with Gasteiger partial charge in [0.05, 0.1) is 23.6 Å². The molecule has 2 aromatic rings. The van der Waals surface area contributed by atoms with Crippen LogP contribution in [0.3, 0.4) is 0 Å². The highest BCUT2D eigenvalue weighted by Crippen LogP contribution is 2.27. The zero-order valence-electron chi connectivity index (χ0n) is 16.2. The zero-order valence-corrected chi connectivity index (χ0v) is 17.0. The minimum absolute atomic E-state index is 0.0376. The monoisotopic (exact) mass is 420 g/mol. The lowest BCUT2D eigenvalue weighted by molar-refractivity contribution is 0.0661. The quantitative estimate of drug-likeness (QED) is 0.743. The first kappa shape index (κ1) is 19.9. The van der Waals surface area contributed by atoms with Crippen molar-refractivity contribution in [3.63, 3.8) is 0 Å². The number of rotatable bonds is 5. The van der Waals surface area contributed by atoms with Gasteiger partial charge in [-0.25, -0.2) is 12.8 Å². The third-order valence-corrected chi connectivity index (χ3v) is 7.41. The third kappa shape index (κ3) is 4.47. The van der Waals surface area contributed by atoms with Crippen molar-refractivity contribution in [3.05, 3.63) is 53.5 Å². The lowest BCUT2D eigenvalue weighted by Crippen LogP contribution is -2.41. The Morgan fingerprint density at radius 3 is 2.59 bits per heavy atom. The van der Waals surface area contributed by atoms with Crippen LogP contribution in [0.15, 0.2) is 40.8 Å². The predicted octanol–water partition coefficient (Wildman–Crippen LogP) is 3.24. The molecule has 0 saturated carbocycles. The minimum Gasteiger partial charge on any atom is -0.444 e. The van der Waals surface area contributed by atoms with Crippen LogP contribution in [0, 0.1) is 5.82 Å². The Labute approximate surface area is 170 Å². The van der Waals surface area contributed by atoms with Gasteiger partial charge >= 0.3 is 0 Å². The number of hydrogen-bond donors (Lipinski definition) is 0. The molecule has 2 saturated heterocycles. The van der Waals surface area contributed by atoms with Crippen molar-refractivity contribution in [1.82, 2.24) is 4.90 Å². The Kier molecular flexibility index (Phi) is 5.63. The molecular weight excluding hydrogens is 395 g/mol. The van der Waals surface area contributed by atoms with Crippen LogP contribution in [0.25, 0.3) is 0 Å². The summed E-state index contributed by atoms with van der Waals surface area (Å²) < 4.78 is 44.2. The molecule has 6 nitrogen and oxygen atoms in total. The fraction of sp³-hybridized carbons (Fsp3) is 0.476. The van der Waals surface area contributed by atoms with Crippen LogP contribution in [0.1, 0.15) is 41.8 Å². The summed E-state index contributed by atoms with van der Waals surface area (Å²) in [6, 6.07) is 8.99. The Morgan fingerprint density at radius 1 is 1.14 bits per heavy atom. The lowest BCUT2D eigenvalue weighted by atomic mass is 10.1. The van der Waals surface area contributed by atoms with E-state index in [4.69, 9.17) is 4.42 Å². The Morgan fingerprint density at radius 2 is 1.90 bits per heavy atom. The summed E-state index contributed by atoms with van der Waals surface area (Å²) in [5.74, 6) is 0.137. The van der Waals surface area contributed by atoms with Gasteiger partial charge < -0.3 is 14.2 Å². The van der Waals surface area contributed by atoms with Gasteiger partial charge in [-0.3, -0.25) is 4.79 Å². The number of amides is 1. The average Bonchev–Trinajstić information content (AvgIpc) is 3.33. The van der Waals surface area contributed by atoms with E-state index in [9.17, 15) is 17.6 Å². The standard InChI is InChI=1S/C21H25FN2O4S/c22-19-7-3-2-6-18(19)21(25)24(16-10-13-29(26,27)15-16)14-17-8-9-20(28-17)23-11-4-1-5-12-23/h2-3,6-9,16H,1,4-5,10-15H2. The number of anilines is 1. The van der Waals surface area contributed by atoms with Gasteiger partial charge in [-0.15, -0.1) is 0 Å². The molecule has 0 radical (unpaired) electrons. The van der Waals surface area contributed by atoms with E-state index < -0.39 is 27.6 Å². The molecule has 0 bridgehead atoms. The van der Waals surface area contributed by atoms with Gasteiger partial charge in [0.25, 0.3) is 5.91 Å². The molecule has 0 spiro atoms. The van der Waals surface area contributed by atoms with E-state index in [-0.39, 0.29) is 23.6 Å². The topological polar surface area (TPSA) is 70.8 Å². The molecule has 156 valence electrons. The largest absolute Gasteiger partial charge is 0.444 e. The predicted molar refractivity (Wildman–Crippen MR) is 108 cm³/mol. The molecule has 0 N–H and O–H groups in total. The van der Waals surface area contributed by atoms with Crippen molar-refractivity contribution in [1.29, 1.82) is 0 Å². The van der Waals surface area contributed by atoms with Gasteiger partial charge in [0.1, 0.15) is 11.6 Å². The van der Waals surface area contributed by atoms with Gasteiger partial charge in [-0.1, -0.05) is 12.1 Å². The number of nitrogens with zero attached hydrogens (tertiary/aromatic N) is 2. The smallest absolute Gasteiger partial charge is 0.257 e. The summed E-state index contributed by atoms with van der Waals surface area (Å²) in [4.78, 5) is 16.7. The van der Waals surface area contributed by atoms with E-state index in [1.54, 1.807) is 6.07 Å². The maximum atomic E-state index is 14.2. The van der Waals surface area contributed by atoms with E-state index in [0.29, 0.717) is 12.2 Å². The fourth-order valence-electron chi connectivity index (χ4n) is 4.08. The summed E-state index contributed by atoms with van der Waals surface area (Å²) in [6.45, 7) is 1.98. The van der Waals surface area contributed by atoms with E-state index in [2.05, 4.69) is 4.90 Å². The van der Waals surface area contributed by atoms with Crippen LogP contribution in [-0.2, 0) is 16.4 Å². The molecular formula is C21H25FN2O4S. The van der Waals surface area contributed by atoms with Crippen LogP contribution in [0.5, 0.6) is 0 Å². The average molecular weight is 421 g/mol. The van der Waals surface area contributed by atoms with Gasteiger partial charge in [-0.2, -0.15) is 0 Å². The van der Waals surface area contributed by atoms with Crippen LogP contribution >= 0.6 is 0 Å². The molecule has 1 aromatic heterocycles. The number of benzene rings is 1. The normalized spacial score (nSPS) is 21.3. The molecule has 1 atom stereocenters. The van der Waals surface area contributed by atoms with Crippen LogP contribution in [0.4, 0.5) is 10.3 Å². The van der Waals surface area contributed by atoms with Gasteiger partial charge in [0.2, 0.25) is 0 Å². The maximum absolute atomic E-state index is 14.2. The summed E-state index contributed by atoms with van der Waals surface area (Å²) >= 11 is 0. The number of furan rings is 1. The number of hydrogen-bond acceptors (Lipinski definition) is 5. The van der Waals surface area contributed by atoms with Crippen molar-refractivity contribution in [3.8, 4) is 0 Å². The molecule has 29 heavy (non-hydrogen) atoms. The highest BCUT2D eigenvalue weighted by molar-refractivity contribution is 7.91. The summed E-state index contributed by atoms with van der Waals surface area (Å²) in [5.41, 5.74) is -0.0559. The second kappa shape index (κ2) is 8.18. The molecule has 8 heteroatoms. The van der Waals surface area contributed by atoms with Crippen LogP contribution in [0.2, 0.25) is 0 Å². The molecule has 3 heterocycles. The fourth-order valence-corrected chi connectivity index (χ4v) is 5.81. The highest BCUT2D eigenvalue weighted by atomic mass is 32.2. The zero-order chi connectivity index (χ0) is 20.4. The number of halogens is 1.